The van der Waals surface area contributed by atoms with Crippen LogP contribution in [0.3, 0.4) is 0 Å². The van der Waals surface area contributed by atoms with Gasteiger partial charge < -0.3 is 30.5 Å². The number of nitrogens with zero attached hydrogens (tertiary/aromatic N) is 7. The third-order valence-electron chi connectivity index (χ3n) is 13.2. The van der Waals surface area contributed by atoms with Crippen LogP contribution in [0.5, 0.6) is 0 Å². The van der Waals surface area contributed by atoms with Gasteiger partial charge in [-0.2, -0.15) is 5.10 Å². The van der Waals surface area contributed by atoms with Gasteiger partial charge in [-0.1, -0.05) is 50.7 Å². The lowest BCUT2D eigenvalue weighted by atomic mass is 9.95. The Morgan fingerprint density at radius 1 is 0.954 bits per heavy atom. The number of piperazine rings is 1. The zero-order chi connectivity index (χ0) is 45.6. The number of unbranched alkanes of at least 4 members (excludes halogenated alkanes) is 3. The molecule has 16 nitrogen and oxygen atoms in total. The van der Waals surface area contributed by atoms with Gasteiger partial charge in [0.2, 0.25) is 17.7 Å². The van der Waals surface area contributed by atoms with E-state index in [1.807, 2.05) is 55.1 Å². The highest BCUT2D eigenvalue weighted by Crippen LogP contribution is 2.33. The predicted molar refractivity (Wildman–Crippen MR) is 247 cm³/mol. The zero-order valence-electron chi connectivity index (χ0n) is 37.7. The Balaban J connectivity index is 0.764. The Hall–Kier alpha value is -6.31. The van der Waals surface area contributed by atoms with E-state index in [0.29, 0.717) is 67.0 Å². The third kappa shape index (κ3) is 10.2. The number of ether oxygens (including phenoxy) is 1. The number of carbonyl (C=O) groups excluding carboxylic acids is 5. The second-order valence-electron chi connectivity index (χ2n) is 17.9. The van der Waals surface area contributed by atoms with Crippen LogP contribution in [0, 0.1) is 17.8 Å². The number of benzene rings is 2. The number of hydrogen-bond acceptors (Lipinski definition) is 11. The van der Waals surface area contributed by atoms with Gasteiger partial charge in [0, 0.05) is 88.6 Å². The number of nitrogens with two attached hydrogens (primary N) is 1. The molecule has 0 saturated carbocycles. The van der Waals surface area contributed by atoms with Gasteiger partial charge in [-0.3, -0.25) is 34.2 Å². The highest BCUT2D eigenvalue weighted by atomic mass is 16.5. The number of carbonyl (C=O) groups is 5. The quantitative estimate of drug-likeness (QED) is 0.0883. The summed E-state index contributed by atoms with van der Waals surface area (Å²) in [7, 11) is 1.64. The molecule has 6 heterocycles. The first-order valence-electron chi connectivity index (χ1n) is 23.1. The number of hydrogen-bond donors (Lipinski definition) is 3. The van der Waals surface area contributed by atoms with E-state index in [-0.39, 0.29) is 47.7 Å². The summed E-state index contributed by atoms with van der Waals surface area (Å²) in [5.74, 6) is 6.16. The van der Waals surface area contributed by atoms with Crippen LogP contribution in [0.25, 0.3) is 5.52 Å². The summed E-state index contributed by atoms with van der Waals surface area (Å²) in [4.78, 5) is 77.0. The smallest absolute Gasteiger partial charge is 0.259 e. The molecule has 8 rings (SSSR count). The second-order valence-corrected chi connectivity index (χ2v) is 17.9. The van der Waals surface area contributed by atoms with Gasteiger partial charge in [-0.25, -0.2) is 9.50 Å². The number of nitrogens with one attached hydrogen (secondary N) is 2. The van der Waals surface area contributed by atoms with Crippen molar-refractivity contribution in [2.24, 2.45) is 5.92 Å². The van der Waals surface area contributed by atoms with Crippen LogP contribution in [0.4, 0.5) is 17.2 Å². The molecule has 0 radical (unpaired) electrons. The molecular weight excluding hydrogens is 825 g/mol. The zero-order valence-corrected chi connectivity index (χ0v) is 37.7. The summed E-state index contributed by atoms with van der Waals surface area (Å²) in [5, 5.41) is 9.87. The first-order chi connectivity index (χ1) is 31.5. The number of fused-ring (bicyclic) bond motifs is 2. The lowest BCUT2D eigenvalue weighted by molar-refractivity contribution is -0.137. The number of nitrogen functional groups attached to an aromatic ring is 1. The minimum Gasteiger partial charge on any atom is -0.382 e. The summed E-state index contributed by atoms with van der Waals surface area (Å²) in [6.45, 7) is 11.0. The molecule has 0 bridgehead atoms. The van der Waals surface area contributed by atoms with E-state index in [1.165, 1.54) is 6.33 Å². The first-order valence-corrected chi connectivity index (χ1v) is 23.1. The van der Waals surface area contributed by atoms with Crippen molar-refractivity contribution in [3.63, 3.8) is 0 Å². The van der Waals surface area contributed by atoms with Crippen molar-refractivity contribution in [2.75, 3.05) is 68.9 Å². The van der Waals surface area contributed by atoms with Gasteiger partial charge in [0.05, 0.1) is 23.4 Å². The van der Waals surface area contributed by atoms with Crippen molar-refractivity contribution in [1.82, 2.24) is 34.6 Å². The van der Waals surface area contributed by atoms with Crippen LogP contribution < -0.4 is 21.3 Å². The van der Waals surface area contributed by atoms with Gasteiger partial charge in [-0.15, -0.1) is 0 Å². The fraction of sp³-hybridized carbons (Fsp3) is 0.490. The van der Waals surface area contributed by atoms with Gasteiger partial charge >= 0.3 is 0 Å². The van der Waals surface area contributed by atoms with E-state index in [1.54, 1.807) is 16.5 Å². The molecule has 16 heteroatoms. The average Bonchev–Trinajstić information content (AvgIpc) is 3.82. The monoisotopic (exact) mass is 884 g/mol. The Morgan fingerprint density at radius 2 is 1.71 bits per heavy atom. The van der Waals surface area contributed by atoms with Crippen molar-refractivity contribution < 1.29 is 28.7 Å². The summed E-state index contributed by atoms with van der Waals surface area (Å²) >= 11 is 0. The van der Waals surface area contributed by atoms with Crippen LogP contribution in [0.1, 0.15) is 121 Å². The summed E-state index contributed by atoms with van der Waals surface area (Å²) in [6.07, 6.45) is 8.15. The minimum atomic E-state index is -0.609. The highest BCUT2D eigenvalue weighted by Gasteiger charge is 2.39. The van der Waals surface area contributed by atoms with Crippen molar-refractivity contribution in [2.45, 2.75) is 96.7 Å². The Morgan fingerprint density at radius 3 is 2.43 bits per heavy atom. The molecule has 342 valence electrons. The molecule has 0 aliphatic carbocycles. The van der Waals surface area contributed by atoms with E-state index in [2.05, 4.69) is 48.4 Å². The Labute approximate surface area is 380 Å². The molecule has 3 saturated heterocycles. The fourth-order valence-corrected chi connectivity index (χ4v) is 9.62. The predicted octanol–water partition coefficient (Wildman–Crippen LogP) is 4.96. The third-order valence-corrected chi connectivity index (χ3v) is 13.2. The Bertz CT molecular complexity index is 2490. The number of aromatic nitrogens is 3. The molecule has 5 amide bonds. The molecule has 2 aromatic heterocycles. The van der Waals surface area contributed by atoms with Gasteiger partial charge in [-0.05, 0) is 86.0 Å². The molecule has 2 aromatic carbocycles. The number of methoxy groups -OCH3 is 1. The fourth-order valence-electron chi connectivity index (χ4n) is 9.62. The van der Waals surface area contributed by atoms with E-state index in [0.717, 1.165) is 93.8 Å². The van der Waals surface area contributed by atoms with Crippen LogP contribution in [-0.4, -0.2) is 118 Å². The van der Waals surface area contributed by atoms with Crippen LogP contribution in [0.15, 0.2) is 48.8 Å². The molecule has 65 heavy (non-hydrogen) atoms. The summed E-state index contributed by atoms with van der Waals surface area (Å²) in [6, 6.07) is 12.9. The van der Waals surface area contributed by atoms with E-state index >= 15 is 0 Å². The van der Waals surface area contributed by atoms with Crippen LogP contribution in [0.2, 0.25) is 0 Å². The number of amides is 5. The van der Waals surface area contributed by atoms with Crippen molar-refractivity contribution in [3.8, 4) is 11.8 Å². The van der Waals surface area contributed by atoms with Crippen LogP contribution >= 0.6 is 0 Å². The number of likely N-dealkylation sites (tertiary alicyclic amines) is 1. The number of rotatable bonds is 14. The second kappa shape index (κ2) is 20.2. The molecular formula is C49H60N10O6. The lowest BCUT2D eigenvalue weighted by Crippen LogP contribution is -2.52. The number of imide groups is 1. The van der Waals surface area contributed by atoms with Crippen molar-refractivity contribution >= 4 is 52.2 Å². The molecule has 4 aromatic rings. The Kier molecular flexibility index (Phi) is 14.1. The standard InChI is InChI=1S/C49H60N10O6/c1-32(2)44-39(43(45-46(50)51-31-52-59(44)45)48(63)53-36-12-9-34(10-13-36)30-65-3)15-11-33-19-22-57(23-20-33)42(61)8-6-4-5-7-21-55-24-26-56(27-25-55)37-14-16-38-35(28-37)29-58(49(38)64)40-17-18-41(60)54-47(40)62/h9-10,12-14,16,28,31-33,40H,4-8,17-27,29-30H2,1-3H3,(H,53,63)(H2,50,51,52)(H,54,60,62). The number of piperidine rings is 2. The largest absolute Gasteiger partial charge is 0.382 e. The van der Waals surface area contributed by atoms with Crippen molar-refractivity contribution in [1.29, 1.82) is 0 Å². The highest BCUT2D eigenvalue weighted by molar-refractivity contribution is 6.13. The van der Waals surface area contributed by atoms with Crippen molar-refractivity contribution in [3.05, 3.63) is 82.3 Å². The molecule has 1 unspecified atom stereocenters. The van der Waals surface area contributed by atoms with E-state index < -0.39 is 11.9 Å². The first kappa shape index (κ1) is 45.3. The lowest BCUT2D eigenvalue weighted by Gasteiger charge is -2.36. The van der Waals surface area contributed by atoms with Gasteiger partial charge in [0.15, 0.2) is 5.82 Å². The van der Waals surface area contributed by atoms with Crippen LogP contribution in [-0.2, 0) is 32.3 Å². The maximum Gasteiger partial charge on any atom is 0.259 e. The maximum atomic E-state index is 14.0. The van der Waals surface area contributed by atoms with Gasteiger partial charge in [0.1, 0.15) is 17.9 Å². The topological polar surface area (TPSA) is 188 Å². The molecule has 0 spiro atoms. The molecule has 4 aliphatic rings. The maximum absolute atomic E-state index is 14.0. The van der Waals surface area contributed by atoms with Gasteiger partial charge in [0.25, 0.3) is 11.8 Å². The summed E-state index contributed by atoms with van der Waals surface area (Å²) in [5.41, 5.74) is 12.8. The SMILES string of the molecule is COCc1ccc(NC(=O)c2c(C#CC3CCN(C(=O)CCCCCCN4CCN(c5ccc6c(c5)CN(C5CCC(=O)NC5=O)C6=O)CC4)CC3)c(C(C)C)n3ncnc(N)c23)cc1. The van der Waals surface area contributed by atoms with E-state index in [9.17, 15) is 24.0 Å². The average molecular weight is 885 g/mol. The molecule has 1 atom stereocenters. The summed E-state index contributed by atoms with van der Waals surface area (Å²) < 4.78 is 6.92. The minimum absolute atomic E-state index is 0.00583. The molecule has 4 aliphatic heterocycles. The molecule has 4 N–H and O–H groups in total. The normalized spacial score (nSPS) is 18.2. The number of anilines is 3. The molecule has 3 fully saturated rings. The van der Waals surface area contributed by atoms with E-state index in [4.69, 9.17) is 10.5 Å².